The minimum absolute atomic E-state index is 0.249. The first-order chi connectivity index (χ1) is 16.6. The molecule has 0 bridgehead atoms. The summed E-state index contributed by atoms with van der Waals surface area (Å²) in [5, 5.41) is 2.54. The Hall–Kier alpha value is -3.52. The topological polar surface area (TPSA) is 82.0 Å². The maximum atomic E-state index is 13.4. The van der Waals surface area contributed by atoms with E-state index in [-0.39, 0.29) is 11.6 Å². The molecule has 3 aromatic heterocycles. The summed E-state index contributed by atoms with van der Waals surface area (Å²) in [6.07, 6.45) is 6.14. The van der Waals surface area contributed by atoms with E-state index in [1.807, 2.05) is 43.3 Å². The van der Waals surface area contributed by atoms with Crippen molar-refractivity contribution in [3.63, 3.8) is 0 Å². The Morgan fingerprint density at radius 3 is 2.68 bits per heavy atom. The van der Waals surface area contributed by atoms with Crippen molar-refractivity contribution < 1.29 is 14.3 Å². The first kappa shape index (κ1) is 22.3. The fourth-order valence-electron chi connectivity index (χ4n) is 4.35. The van der Waals surface area contributed by atoms with Gasteiger partial charge in [-0.1, -0.05) is 41.9 Å². The second kappa shape index (κ2) is 9.38. The Morgan fingerprint density at radius 1 is 1.12 bits per heavy atom. The van der Waals surface area contributed by atoms with E-state index in [0.717, 1.165) is 32.9 Å². The lowest BCUT2D eigenvalue weighted by Crippen LogP contribution is -2.19. The van der Waals surface area contributed by atoms with Crippen molar-refractivity contribution in [2.75, 3.05) is 13.7 Å². The normalized spacial score (nSPS) is 12.4. The maximum absolute atomic E-state index is 13.4. The summed E-state index contributed by atoms with van der Waals surface area (Å²) in [5.41, 5.74) is 4.64. The summed E-state index contributed by atoms with van der Waals surface area (Å²) in [6.45, 7) is 2.29. The van der Waals surface area contributed by atoms with Crippen LogP contribution in [0.15, 0.2) is 67.4 Å². The molecule has 3 heterocycles. The number of methoxy groups -OCH3 is 1. The molecule has 172 valence electrons. The Kier molecular flexibility index (Phi) is 6.15. The predicted octanol–water partition coefficient (Wildman–Crippen LogP) is 5.53. The van der Waals surface area contributed by atoms with Gasteiger partial charge in [0.2, 0.25) is 0 Å². The van der Waals surface area contributed by atoms with Gasteiger partial charge in [0.15, 0.2) is 6.29 Å². The second-order valence-corrected chi connectivity index (χ2v) is 8.25. The quantitative estimate of drug-likeness (QED) is 0.314. The predicted molar refractivity (Wildman–Crippen MR) is 131 cm³/mol. The van der Waals surface area contributed by atoms with Crippen molar-refractivity contribution in [3.8, 4) is 0 Å². The van der Waals surface area contributed by atoms with Crippen molar-refractivity contribution >= 4 is 39.3 Å². The molecule has 0 saturated heterocycles. The van der Waals surface area contributed by atoms with Crippen molar-refractivity contribution in [2.24, 2.45) is 0 Å². The van der Waals surface area contributed by atoms with Gasteiger partial charge in [0, 0.05) is 53.0 Å². The molecule has 5 aromatic rings. The van der Waals surface area contributed by atoms with Crippen LogP contribution in [0.3, 0.4) is 0 Å². The first-order valence-corrected chi connectivity index (χ1v) is 11.3. The molecule has 1 N–H and O–H groups in total. The average molecular weight is 475 g/mol. The van der Waals surface area contributed by atoms with Gasteiger partial charge in [0.05, 0.1) is 11.7 Å². The molecular formula is C26H23ClN4O3. The lowest BCUT2D eigenvalue weighted by molar-refractivity contribution is -0.123. The molecule has 1 unspecified atom stereocenters. The van der Waals surface area contributed by atoms with Crippen molar-refractivity contribution in [1.29, 1.82) is 0 Å². The highest BCUT2D eigenvalue weighted by atomic mass is 35.5. The number of pyridine rings is 1. The van der Waals surface area contributed by atoms with Crippen LogP contribution in [0, 0.1) is 0 Å². The number of benzene rings is 2. The van der Waals surface area contributed by atoms with Crippen molar-refractivity contribution in [1.82, 2.24) is 19.5 Å². The molecule has 5 rings (SSSR count). The molecule has 0 fully saturated rings. The summed E-state index contributed by atoms with van der Waals surface area (Å²) in [4.78, 5) is 25.4. The summed E-state index contributed by atoms with van der Waals surface area (Å²) < 4.78 is 13.0. The number of nitrogens with zero attached hydrogens (tertiary/aromatic N) is 3. The zero-order chi connectivity index (χ0) is 23.7. The minimum atomic E-state index is -0.781. The third-order valence-corrected chi connectivity index (χ3v) is 6.20. The number of halogens is 1. The van der Waals surface area contributed by atoms with Crippen LogP contribution < -0.4 is 0 Å². The molecule has 0 spiro atoms. The van der Waals surface area contributed by atoms with Crippen LogP contribution in [0.25, 0.3) is 21.8 Å². The maximum Gasteiger partial charge on any atom is 0.282 e. The summed E-state index contributed by atoms with van der Waals surface area (Å²) in [6, 6.07) is 13.9. The van der Waals surface area contributed by atoms with Crippen molar-refractivity contribution in [2.45, 2.75) is 19.6 Å². The average Bonchev–Trinajstić information content (AvgIpc) is 3.52. The zero-order valence-electron chi connectivity index (χ0n) is 18.8. The highest BCUT2D eigenvalue weighted by Crippen LogP contribution is 2.37. The highest BCUT2D eigenvalue weighted by Gasteiger charge is 2.27. The monoisotopic (exact) mass is 474 g/mol. The molecule has 7 nitrogen and oxygen atoms in total. The molecule has 34 heavy (non-hydrogen) atoms. The smallest absolute Gasteiger partial charge is 0.282 e. The number of carbonyl (C=O) groups is 1. The molecule has 0 aliphatic rings. The van der Waals surface area contributed by atoms with E-state index in [1.165, 1.54) is 10.9 Å². The molecule has 0 aliphatic heterocycles. The van der Waals surface area contributed by atoms with Crippen LogP contribution in [-0.4, -0.2) is 39.1 Å². The van der Waals surface area contributed by atoms with Crippen LogP contribution in [-0.2, 0) is 15.9 Å². The van der Waals surface area contributed by atoms with E-state index in [2.05, 4.69) is 21.0 Å². The molecule has 0 saturated carbocycles. The SMILES string of the molecule is CCOC(OC)c1c(C(=O)n2ccnc2)ncc2[nH]c3cccc(Cc4ccccc4Cl)c3c12. The minimum Gasteiger partial charge on any atom is -0.353 e. The Labute approximate surface area is 201 Å². The van der Waals surface area contributed by atoms with Crippen LogP contribution in [0.4, 0.5) is 0 Å². The van der Waals surface area contributed by atoms with Crippen LogP contribution in [0.5, 0.6) is 0 Å². The van der Waals surface area contributed by atoms with Gasteiger partial charge in [-0.3, -0.25) is 9.36 Å². The van der Waals surface area contributed by atoms with Crippen LogP contribution in [0.1, 0.15) is 40.4 Å². The molecule has 0 amide bonds. The Morgan fingerprint density at radius 2 is 1.94 bits per heavy atom. The summed E-state index contributed by atoms with van der Waals surface area (Å²) >= 11 is 6.48. The molecule has 2 aromatic carbocycles. The highest BCUT2D eigenvalue weighted by molar-refractivity contribution is 6.31. The molecule has 8 heteroatoms. The third-order valence-electron chi connectivity index (χ3n) is 5.83. The number of carbonyl (C=O) groups excluding carboxylic acids is 1. The van der Waals surface area contributed by atoms with E-state index < -0.39 is 6.29 Å². The van der Waals surface area contributed by atoms with Gasteiger partial charge in [0.1, 0.15) is 12.0 Å². The number of aromatic amines is 1. The van der Waals surface area contributed by atoms with Gasteiger partial charge in [-0.05, 0) is 36.6 Å². The van der Waals surface area contributed by atoms with Crippen LogP contribution in [0.2, 0.25) is 5.02 Å². The number of aromatic nitrogens is 4. The largest absolute Gasteiger partial charge is 0.353 e. The van der Waals surface area contributed by atoms with E-state index in [9.17, 15) is 4.79 Å². The lowest BCUT2D eigenvalue weighted by atomic mass is 9.96. The number of hydrogen-bond donors (Lipinski definition) is 1. The number of ether oxygens (including phenoxy) is 2. The molecular weight excluding hydrogens is 452 g/mol. The van der Waals surface area contributed by atoms with E-state index in [1.54, 1.807) is 25.7 Å². The fraction of sp³-hybridized carbons (Fsp3) is 0.192. The number of rotatable bonds is 7. The zero-order valence-corrected chi connectivity index (χ0v) is 19.5. The Balaban J connectivity index is 1.81. The number of nitrogens with one attached hydrogen (secondary N) is 1. The van der Waals surface area contributed by atoms with E-state index in [4.69, 9.17) is 21.1 Å². The Bertz CT molecular complexity index is 1480. The summed E-state index contributed by atoms with van der Waals surface area (Å²) in [7, 11) is 1.56. The van der Waals surface area contributed by atoms with Crippen molar-refractivity contribution in [3.05, 3.63) is 94.8 Å². The van der Waals surface area contributed by atoms with Crippen LogP contribution >= 0.6 is 11.6 Å². The fourth-order valence-corrected chi connectivity index (χ4v) is 4.55. The van der Waals surface area contributed by atoms with Gasteiger partial charge in [-0.2, -0.15) is 0 Å². The molecule has 0 radical (unpaired) electrons. The summed E-state index contributed by atoms with van der Waals surface area (Å²) in [5.74, 6) is -0.311. The number of imidazole rings is 1. The van der Waals surface area contributed by atoms with E-state index in [0.29, 0.717) is 23.6 Å². The number of fused-ring (bicyclic) bond motifs is 3. The second-order valence-electron chi connectivity index (χ2n) is 7.84. The standard InChI is InChI=1S/C26H23ClN4O3/c1-3-34-26(33-2)23-22-20(14-29-24(23)25(32)31-12-11-28-15-31)30-19-10-6-8-17(21(19)22)13-16-7-4-5-9-18(16)27/h4-12,14-15,26,30H,3,13H2,1-2H3. The molecule has 1 atom stereocenters. The van der Waals surface area contributed by atoms with E-state index >= 15 is 0 Å². The third kappa shape index (κ3) is 3.88. The van der Waals surface area contributed by atoms with Gasteiger partial charge < -0.3 is 14.5 Å². The lowest BCUT2D eigenvalue weighted by Gasteiger charge is -2.20. The van der Waals surface area contributed by atoms with Gasteiger partial charge in [-0.15, -0.1) is 0 Å². The van der Waals surface area contributed by atoms with Gasteiger partial charge in [-0.25, -0.2) is 9.97 Å². The first-order valence-electron chi connectivity index (χ1n) is 10.9. The number of H-pyrrole nitrogens is 1. The van der Waals surface area contributed by atoms with Gasteiger partial charge >= 0.3 is 0 Å². The van der Waals surface area contributed by atoms with Gasteiger partial charge in [0.25, 0.3) is 5.91 Å². The number of hydrogen-bond acceptors (Lipinski definition) is 5. The molecule has 0 aliphatic carbocycles.